The summed E-state index contributed by atoms with van der Waals surface area (Å²) in [5.41, 5.74) is 2.02. The molecule has 2 aromatic carbocycles. The average Bonchev–Trinajstić information content (AvgIpc) is 2.71. The second-order valence-corrected chi connectivity index (χ2v) is 6.42. The molecule has 0 saturated heterocycles. The van der Waals surface area contributed by atoms with Crippen molar-refractivity contribution in [2.45, 2.75) is 6.42 Å². The molecule has 0 radical (unpaired) electrons. The SMILES string of the molecule is C=CC(=O)Nc1ccc(OC)c(Cc2nccc(Nc3ccc(F)c(Cl)c3)n2)c1. The lowest BCUT2D eigenvalue weighted by Crippen LogP contribution is -2.08. The summed E-state index contributed by atoms with van der Waals surface area (Å²) in [6.07, 6.45) is 3.19. The summed E-state index contributed by atoms with van der Waals surface area (Å²) in [4.78, 5) is 20.3. The average molecular weight is 413 g/mol. The molecule has 1 amide bonds. The number of methoxy groups -OCH3 is 1. The molecule has 0 aliphatic carbocycles. The van der Waals surface area contributed by atoms with Crippen LogP contribution in [0.3, 0.4) is 0 Å². The van der Waals surface area contributed by atoms with Crippen molar-refractivity contribution in [3.63, 3.8) is 0 Å². The van der Waals surface area contributed by atoms with E-state index in [0.717, 1.165) is 5.56 Å². The van der Waals surface area contributed by atoms with Gasteiger partial charge in [-0.25, -0.2) is 14.4 Å². The van der Waals surface area contributed by atoms with E-state index in [4.69, 9.17) is 16.3 Å². The number of carbonyl (C=O) groups is 1. The van der Waals surface area contributed by atoms with Crippen LogP contribution < -0.4 is 15.4 Å². The molecule has 0 bridgehead atoms. The normalized spacial score (nSPS) is 10.3. The Kier molecular flexibility index (Phi) is 6.41. The van der Waals surface area contributed by atoms with Crippen LogP contribution in [0.1, 0.15) is 11.4 Å². The van der Waals surface area contributed by atoms with Crippen LogP contribution >= 0.6 is 11.6 Å². The van der Waals surface area contributed by atoms with Gasteiger partial charge in [0.15, 0.2) is 0 Å². The van der Waals surface area contributed by atoms with Crippen molar-refractivity contribution >= 4 is 34.7 Å². The first kappa shape index (κ1) is 20.3. The molecule has 8 heteroatoms. The fraction of sp³-hybridized carbons (Fsp3) is 0.0952. The van der Waals surface area contributed by atoms with Crippen LogP contribution in [0, 0.1) is 5.82 Å². The summed E-state index contributed by atoms with van der Waals surface area (Å²) >= 11 is 5.82. The molecule has 0 fully saturated rings. The third-order valence-corrected chi connectivity index (χ3v) is 4.27. The highest BCUT2D eigenvalue weighted by atomic mass is 35.5. The number of carbonyl (C=O) groups excluding carboxylic acids is 1. The summed E-state index contributed by atoms with van der Waals surface area (Å²) in [6, 6.07) is 11.3. The highest BCUT2D eigenvalue weighted by Crippen LogP contribution is 2.26. The number of ether oxygens (including phenoxy) is 1. The molecule has 3 rings (SSSR count). The first-order valence-corrected chi connectivity index (χ1v) is 9.00. The van der Waals surface area contributed by atoms with Crippen molar-refractivity contribution in [1.82, 2.24) is 9.97 Å². The van der Waals surface area contributed by atoms with E-state index in [1.54, 1.807) is 43.6 Å². The van der Waals surface area contributed by atoms with Gasteiger partial charge in [0.25, 0.3) is 0 Å². The molecule has 0 aliphatic rings. The molecule has 1 heterocycles. The number of halogens is 2. The Bertz CT molecular complexity index is 1060. The van der Waals surface area contributed by atoms with Crippen LogP contribution in [0.4, 0.5) is 21.6 Å². The molecule has 0 spiro atoms. The Labute approximate surface area is 172 Å². The van der Waals surface area contributed by atoms with E-state index >= 15 is 0 Å². The number of hydrogen-bond acceptors (Lipinski definition) is 5. The van der Waals surface area contributed by atoms with E-state index in [1.807, 2.05) is 0 Å². The standard InChI is InChI=1S/C21H18ClFN4O2/c1-3-21(28)26-14-5-7-18(29-2)13(10-14)11-20-24-9-8-19(27-20)25-15-4-6-17(23)16(22)12-15/h3-10,12H,1,11H2,2H3,(H,26,28)(H,24,25,27). The number of anilines is 3. The van der Waals surface area contributed by atoms with E-state index in [-0.39, 0.29) is 10.9 Å². The summed E-state index contributed by atoms with van der Waals surface area (Å²) in [7, 11) is 1.57. The number of hydrogen-bond donors (Lipinski definition) is 2. The van der Waals surface area contributed by atoms with Gasteiger partial charge in [-0.3, -0.25) is 4.79 Å². The van der Waals surface area contributed by atoms with Crippen LogP contribution in [0.5, 0.6) is 5.75 Å². The Balaban J connectivity index is 1.82. The van der Waals surface area contributed by atoms with Crippen molar-refractivity contribution in [2.24, 2.45) is 0 Å². The summed E-state index contributed by atoms with van der Waals surface area (Å²) in [5, 5.41) is 5.81. The zero-order valence-corrected chi connectivity index (χ0v) is 16.3. The molecule has 3 aromatic rings. The molecular formula is C21H18ClFN4O2. The smallest absolute Gasteiger partial charge is 0.247 e. The second-order valence-electron chi connectivity index (χ2n) is 6.01. The van der Waals surface area contributed by atoms with Crippen LogP contribution in [0.2, 0.25) is 5.02 Å². The van der Waals surface area contributed by atoms with Gasteiger partial charge in [-0.1, -0.05) is 18.2 Å². The third-order valence-electron chi connectivity index (χ3n) is 3.98. The van der Waals surface area contributed by atoms with Crippen LogP contribution in [-0.4, -0.2) is 23.0 Å². The minimum absolute atomic E-state index is 0.0207. The maximum atomic E-state index is 13.3. The fourth-order valence-electron chi connectivity index (χ4n) is 2.63. The Morgan fingerprint density at radius 3 is 2.76 bits per heavy atom. The number of aromatic nitrogens is 2. The maximum Gasteiger partial charge on any atom is 0.247 e. The van der Waals surface area contributed by atoms with Crippen molar-refractivity contribution in [1.29, 1.82) is 0 Å². The Morgan fingerprint density at radius 1 is 1.24 bits per heavy atom. The largest absolute Gasteiger partial charge is 0.496 e. The van der Waals surface area contributed by atoms with Crippen molar-refractivity contribution < 1.29 is 13.9 Å². The first-order chi connectivity index (χ1) is 14.0. The summed E-state index contributed by atoms with van der Waals surface area (Å²) < 4.78 is 18.7. The van der Waals surface area contributed by atoms with Gasteiger partial charge in [0.05, 0.1) is 12.1 Å². The molecule has 29 heavy (non-hydrogen) atoms. The van der Waals surface area contributed by atoms with E-state index in [0.29, 0.717) is 35.2 Å². The fourth-order valence-corrected chi connectivity index (χ4v) is 2.81. The molecule has 0 aliphatic heterocycles. The Hall–Kier alpha value is -3.45. The number of nitrogens with one attached hydrogen (secondary N) is 2. The van der Waals surface area contributed by atoms with Gasteiger partial charge in [-0.05, 0) is 48.5 Å². The zero-order chi connectivity index (χ0) is 20.8. The molecule has 0 saturated carbocycles. The summed E-state index contributed by atoms with van der Waals surface area (Å²) in [5.74, 6) is 0.924. The van der Waals surface area contributed by atoms with E-state index in [2.05, 4.69) is 27.2 Å². The Morgan fingerprint density at radius 2 is 2.03 bits per heavy atom. The maximum absolute atomic E-state index is 13.3. The predicted octanol–water partition coefficient (Wildman–Crippen LogP) is 4.74. The van der Waals surface area contributed by atoms with Gasteiger partial charge < -0.3 is 15.4 Å². The molecular weight excluding hydrogens is 395 g/mol. The van der Waals surface area contributed by atoms with E-state index in [9.17, 15) is 9.18 Å². The number of nitrogens with zero attached hydrogens (tertiary/aromatic N) is 2. The lowest BCUT2D eigenvalue weighted by Gasteiger charge is -2.12. The molecule has 2 N–H and O–H groups in total. The molecule has 6 nitrogen and oxygen atoms in total. The molecule has 148 valence electrons. The van der Waals surface area contributed by atoms with Crippen molar-refractivity contribution in [3.05, 3.63) is 83.5 Å². The minimum atomic E-state index is -0.490. The zero-order valence-electron chi connectivity index (χ0n) is 15.6. The second kappa shape index (κ2) is 9.16. The van der Waals surface area contributed by atoms with Gasteiger partial charge in [-0.2, -0.15) is 0 Å². The quantitative estimate of drug-likeness (QED) is 0.548. The van der Waals surface area contributed by atoms with Crippen LogP contribution in [0.25, 0.3) is 0 Å². The molecule has 1 aromatic heterocycles. The van der Waals surface area contributed by atoms with E-state index < -0.39 is 5.82 Å². The number of benzene rings is 2. The molecule has 0 atom stereocenters. The highest BCUT2D eigenvalue weighted by Gasteiger charge is 2.10. The van der Waals surface area contributed by atoms with Crippen LogP contribution in [-0.2, 0) is 11.2 Å². The minimum Gasteiger partial charge on any atom is -0.496 e. The van der Waals surface area contributed by atoms with Gasteiger partial charge in [0.2, 0.25) is 5.91 Å². The predicted molar refractivity (Wildman–Crippen MR) is 111 cm³/mol. The van der Waals surface area contributed by atoms with Gasteiger partial charge in [-0.15, -0.1) is 0 Å². The number of rotatable bonds is 7. The number of amides is 1. The van der Waals surface area contributed by atoms with Gasteiger partial charge in [0, 0.05) is 29.6 Å². The monoisotopic (exact) mass is 412 g/mol. The van der Waals surface area contributed by atoms with Crippen molar-refractivity contribution in [3.8, 4) is 5.75 Å². The molecule has 0 unspecified atom stereocenters. The highest BCUT2D eigenvalue weighted by molar-refractivity contribution is 6.31. The topological polar surface area (TPSA) is 76.1 Å². The third kappa shape index (κ3) is 5.30. The first-order valence-electron chi connectivity index (χ1n) is 8.63. The van der Waals surface area contributed by atoms with Gasteiger partial charge >= 0.3 is 0 Å². The summed E-state index contributed by atoms with van der Waals surface area (Å²) in [6.45, 7) is 3.44. The lowest BCUT2D eigenvalue weighted by molar-refractivity contribution is -0.111. The lowest BCUT2D eigenvalue weighted by atomic mass is 10.1. The van der Waals surface area contributed by atoms with Crippen LogP contribution in [0.15, 0.2) is 61.3 Å². The van der Waals surface area contributed by atoms with Gasteiger partial charge in [0.1, 0.15) is 23.2 Å². The van der Waals surface area contributed by atoms with E-state index in [1.165, 1.54) is 18.2 Å². The van der Waals surface area contributed by atoms with Crippen molar-refractivity contribution in [2.75, 3.05) is 17.7 Å².